The van der Waals surface area contributed by atoms with E-state index < -0.39 is 6.03 Å². The molecule has 0 saturated carbocycles. The first kappa shape index (κ1) is 18.5. The second kappa shape index (κ2) is 7.92. The maximum atomic E-state index is 12.6. The molecule has 0 aliphatic rings. The number of nitrogens with one attached hydrogen (secondary N) is 2. The maximum Gasteiger partial charge on any atom is 0.316 e. The Morgan fingerprint density at radius 2 is 1.63 bits per heavy atom. The Morgan fingerprint density at radius 1 is 1.04 bits per heavy atom. The van der Waals surface area contributed by atoms with Crippen molar-refractivity contribution in [1.82, 2.24) is 9.78 Å². The zero-order valence-electron chi connectivity index (χ0n) is 14.6. The number of halogens is 1. The molecule has 27 heavy (non-hydrogen) atoms. The lowest BCUT2D eigenvalue weighted by Gasteiger charge is -2.07. The Kier molecular flexibility index (Phi) is 5.42. The van der Waals surface area contributed by atoms with Gasteiger partial charge in [-0.05, 0) is 36.8 Å². The zero-order chi connectivity index (χ0) is 19.4. The third-order valence-corrected chi connectivity index (χ3v) is 4.26. The SMILES string of the molecule is Cc1nn(Cc2ccccc2)c(Cl)c1C(=O)Nc1ccc(NC(N)=O)cc1. The summed E-state index contributed by atoms with van der Waals surface area (Å²) in [5.74, 6) is -0.354. The van der Waals surface area contributed by atoms with Gasteiger partial charge in [0.2, 0.25) is 0 Å². The zero-order valence-corrected chi connectivity index (χ0v) is 15.3. The molecule has 0 atom stereocenters. The molecular formula is C19H18ClN5O2. The summed E-state index contributed by atoms with van der Waals surface area (Å²) >= 11 is 6.40. The molecule has 1 aromatic heterocycles. The van der Waals surface area contributed by atoms with Gasteiger partial charge in [0.05, 0.1) is 17.8 Å². The van der Waals surface area contributed by atoms with E-state index in [0.29, 0.717) is 29.2 Å². The van der Waals surface area contributed by atoms with Crippen molar-refractivity contribution in [2.24, 2.45) is 5.73 Å². The van der Waals surface area contributed by atoms with Crippen LogP contribution in [0.3, 0.4) is 0 Å². The standard InChI is InChI=1S/C19H18ClN5O2/c1-12-16(17(20)25(24-12)11-13-5-3-2-4-6-13)18(26)22-14-7-9-15(10-8-14)23-19(21)27/h2-10H,11H2,1H3,(H,22,26)(H3,21,23,27). The van der Waals surface area contributed by atoms with E-state index >= 15 is 0 Å². The lowest BCUT2D eigenvalue weighted by atomic mass is 10.2. The molecule has 0 bridgehead atoms. The van der Waals surface area contributed by atoms with E-state index in [1.54, 1.807) is 35.9 Å². The molecule has 0 spiro atoms. The molecule has 0 unspecified atom stereocenters. The minimum absolute atomic E-state index is 0.279. The van der Waals surface area contributed by atoms with Crippen LogP contribution >= 0.6 is 11.6 Å². The number of hydrogen-bond acceptors (Lipinski definition) is 3. The van der Waals surface area contributed by atoms with E-state index in [4.69, 9.17) is 17.3 Å². The third-order valence-electron chi connectivity index (χ3n) is 3.88. The average molecular weight is 384 g/mol. The van der Waals surface area contributed by atoms with Crippen LogP contribution in [0.5, 0.6) is 0 Å². The van der Waals surface area contributed by atoms with Gasteiger partial charge in [0.25, 0.3) is 5.91 Å². The number of carbonyl (C=O) groups excluding carboxylic acids is 2. The molecule has 0 fully saturated rings. The molecule has 0 aliphatic heterocycles. The molecule has 3 rings (SSSR count). The topological polar surface area (TPSA) is 102 Å². The van der Waals surface area contributed by atoms with Crippen molar-refractivity contribution in [3.63, 3.8) is 0 Å². The number of amides is 3. The number of urea groups is 1. The third kappa shape index (κ3) is 4.45. The summed E-state index contributed by atoms with van der Waals surface area (Å²) in [6.45, 7) is 2.21. The van der Waals surface area contributed by atoms with E-state index in [2.05, 4.69) is 15.7 Å². The van der Waals surface area contributed by atoms with Gasteiger partial charge < -0.3 is 16.4 Å². The Bertz CT molecular complexity index is 968. The van der Waals surface area contributed by atoms with Crippen molar-refractivity contribution in [3.05, 3.63) is 76.6 Å². The largest absolute Gasteiger partial charge is 0.351 e. The summed E-state index contributed by atoms with van der Waals surface area (Å²) in [7, 11) is 0. The van der Waals surface area contributed by atoms with Crippen molar-refractivity contribution < 1.29 is 9.59 Å². The summed E-state index contributed by atoms with van der Waals surface area (Å²) < 4.78 is 1.60. The fourth-order valence-electron chi connectivity index (χ4n) is 2.65. The molecule has 0 saturated heterocycles. The molecule has 3 amide bonds. The van der Waals surface area contributed by atoms with Crippen LogP contribution in [0.25, 0.3) is 0 Å². The van der Waals surface area contributed by atoms with E-state index in [1.807, 2.05) is 30.3 Å². The van der Waals surface area contributed by atoms with Gasteiger partial charge >= 0.3 is 6.03 Å². The summed E-state index contributed by atoms with van der Waals surface area (Å²) in [5, 5.41) is 9.89. The van der Waals surface area contributed by atoms with Crippen LogP contribution in [-0.2, 0) is 6.54 Å². The Labute approximate surface area is 161 Å². The van der Waals surface area contributed by atoms with Crippen LogP contribution in [0.1, 0.15) is 21.6 Å². The second-order valence-electron chi connectivity index (χ2n) is 5.92. The van der Waals surface area contributed by atoms with E-state index in [-0.39, 0.29) is 11.1 Å². The summed E-state index contributed by atoms with van der Waals surface area (Å²) in [6, 6.07) is 15.7. The highest BCUT2D eigenvalue weighted by molar-refractivity contribution is 6.33. The number of carbonyl (C=O) groups is 2. The Hall–Kier alpha value is -3.32. The van der Waals surface area contributed by atoms with Crippen molar-refractivity contribution in [2.75, 3.05) is 10.6 Å². The summed E-state index contributed by atoms with van der Waals surface area (Å²) in [6.07, 6.45) is 0. The molecule has 2 aromatic carbocycles. The average Bonchev–Trinajstić information content (AvgIpc) is 2.90. The number of primary amides is 1. The number of benzene rings is 2. The lowest BCUT2D eigenvalue weighted by Crippen LogP contribution is -2.19. The first-order valence-electron chi connectivity index (χ1n) is 8.18. The number of anilines is 2. The number of aromatic nitrogens is 2. The van der Waals surface area contributed by atoms with E-state index in [1.165, 1.54) is 0 Å². The van der Waals surface area contributed by atoms with Crippen molar-refractivity contribution >= 4 is 34.9 Å². The number of hydrogen-bond donors (Lipinski definition) is 3. The number of rotatable bonds is 5. The number of nitrogens with two attached hydrogens (primary N) is 1. The highest BCUT2D eigenvalue weighted by Gasteiger charge is 2.20. The fraction of sp³-hybridized carbons (Fsp3) is 0.105. The van der Waals surface area contributed by atoms with Crippen LogP contribution in [0, 0.1) is 6.92 Å². The normalized spacial score (nSPS) is 10.4. The smallest absolute Gasteiger partial charge is 0.316 e. The molecule has 3 aromatic rings. The second-order valence-corrected chi connectivity index (χ2v) is 6.27. The van der Waals surface area contributed by atoms with Crippen LogP contribution in [0.2, 0.25) is 5.15 Å². The van der Waals surface area contributed by atoms with Crippen LogP contribution in [0.15, 0.2) is 54.6 Å². The Morgan fingerprint density at radius 3 is 2.22 bits per heavy atom. The molecular weight excluding hydrogens is 366 g/mol. The van der Waals surface area contributed by atoms with Crippen LogP contribution < -0.4 is 16.4 Å². The maximum absolute atomic E-state index is 12.6. The van der Waals surface area contributed by atoms with Crippen molar-refractivity contribution in [1.29, 1.82) is 0 Å². The van der Waals surface area contributed by atoms with E-state index in [9.17, 15) is 9.59 Å². The van der Waals surface area contributed by atoms with Gasteiger partial charge in [0.1, 0.15) is 5.15 Å². The number of nitrogens with zero attached hydrogens (tertiary/aromatic N) is 2. The highest BCUT2D eigenvalue weighted by Crippen LogP contribution is 2.23. The van der Waals surface area contributed by atoms with Gasteiger partial charge in [-0.15, -0.1) is 0 Å². The first-order chi connectivity index (χ1) is 12.9. The Balaban J connectivity index is 1.76. The quantitative estimate of drug-likeness (QED) is 0.626. The highest BCUT2D eigenvalue weighted by atomic mass is 35.5. The molecule has 4 N–H and O–H groups in total. The van der Waals surface area contributed by atoms with Gasteiger partial charge in [-0.3, -0.25) is 4.79 Å². The van der Waals surface area contributed by atoms with Gasteiger partial charge in [0.15, 0.2) is 0 Å². The predicted octanol–water partition coefficient (Wildman–Crippen LogP) is 3.64. The minimum atomic E-state index is -0.653. The number of aryl methyl sites for hydroxylation is 1. The van der Waals surface area contributed by atoms with Crippen molar-refractivity contribution in [3.8, 4) is 0 Å². The molecule has 1 heterocycles. The molecule has 0 aliphatic carbocycles. The fourth-order valence-corrected chi connectivity index (χ4v) is 2.97. The lowest BCUT2D eigenvalue weighted by molar-refractivity contribution is 0.102. The molecule has 7 nitrogen and oxygen atoms in total. The van der Waals surface area contributed by atoms with Gasteiger partial charge in [0, 0.05) is 11.4 Å². The first-order valence-corrected chi connectivity index (χ1v) is 8.56. The van der Waals surface area contributed by atoms with Crippen molar-refractivity contribution in [2.45, 2.75) is 13.5 Å². The molecule has 8 heteroatoms. The summed E-state index contributed by atoms with van der Waals surface area (Å²) in [4.78, 5) is 23.5. The van der Waals surface area contributed by atoms with Crippen LogP contribution in [-0.4, -0.2) is 21.7 Å². The van der Waals surface area contributed by atoms with Crippen LogP contribution in [0.4, 0.5) is 16.2 Å². The van der Waals surface area contributed by atoms with Gasteiger partial charge in [-0.2, -0.15) is 5.10 Å². The monoisotopic (exact) mass is 383 g/mol. The molecule has 0 radical (unpaired) electrons. The minimum Gasteiger partial charge on any atom is -0.351 e. The van der Waals surface area contributed by atoms with Gasteiger partial charge in [-0.25, -0.2) is 9.48 Å². The predicted molar refractivity (Wildman–Crippen MR) is 105 cm³/mol. The molecule has 138 valence electrons. The summed E-state index contributed by atoms with van der Waals surface area (Å²) in [5.41, 5.74) is 8.06. The van der Waals surface area contributed by atoms with Gasteiger partial charge in [-0.1, -0.05) is 41.9 Å². The van der Waals surface area contributed by atoms with E-state index in [0.717, 1.165) is 5.56 Å².